The van der Waals surface area contributed by atoms with Crippen molar-refractivity contribution in [1.29, 1.82) is 0 Å². The maximum atomic E-state index is 13.5. The monoisotopic (exact) mass is 435 g/mol. The molecule has 1 unspecified atom stereocenters. The number of ether oxygens (including phenoxy) is 1. The molecule has 0 N–H and O–H groups in total. The molecular formula is C28H21NO2S. The first-order chi connectivity index (χ1) is 15.8. The predicted molar refractivity (Wildman–Crippen MR) is 132 cm³/mol. The van der Waals surface area contributed by atoms with E-state index in [1.807, 2.05) is 114 Å². The van der Waals surface area contributed by atoms with Gasteiger partial charge in [-0.3, -0.25) is 9.69 Å². The van der Waals surface area contributed by atoms with Gasteiger partial charge in [-0.1, -0.05) is 90.6 Å². The second-order valence-electron chi connectivity index (χ2n) is 7.39. The molecule has 0 bridgehead atoms. The molecule has 1 fully saturated rings. The smallest absolute Gasteiger partial charge is 0.266 e. The molecule has 1 aliphatic heterocycles. The number of amides is 1. The number of benzene rings is 4. The minimum absolute atomic E-state index is 0.00411. The molecule has 0 saturated carbocycles. The van der Waals surface area contributed by atoms with Crippen LogP contribution in [0.15, 0.2) is 120 Å². The van der Waals surface area contributed by atoms with Crippen LogP contribution in [0.25, 0.3) is 6.08 Å². The van der Waals surface area contributed by atoms with E-state index in [4.69, 9.17) is 4.74 Å². The van der Waals surface area contributed by atoms with Gasteiger partial charge in [0.1, 0.15) is 16.9 Å². The zero-order valence-electron chi connectivity index (χ0n) is 17.3. The van der Waals surface area contributed by atoms with Gasteiger partial charge < -0.3 is 4.74 Å². The van der Waals surface area contributed by atoms with Crippen molar-refractivity contribution < 1.29 is 9.53 Å². The normalized spacial score (nSPS) is 17.0. The molecule has 0 aliphatic carbocycles. The number of carbonyl (C=O) groups excluding carboxylic acids is 1. The van der Waals surface area contributed by atoms with Crippen molar-refractivity contribution in [3.8, 4) is 11.5 Å². The number of para-hydroxylation sites is 2. The highest BCUT2D eigenvalue weighted by Gasteiger charge is 2.38. The van der Waals surface area contributed by atoms with Gasteiger partial charge in [-0.05, 0) is 53.6 Å². The van der Waals surface area contributed by atoms with Crippen LogP contribution in [0.1, 0.15) is 16.5 Å². The molecule has 156 valence electrons. The quantitative estimate of drug-likeness (QED) is 0.308. The van der Waals surface area contributed by atoms with Gasteiger partial charge in [-0.2, -0.15) is 0 Å². The fraction of sp³-hybridized carbons (Fsp3) is 0.0357. The number of anilines is 1. The second-order valence-corrected chi connectivity index (χ2v) is 8.51. The van der Waals surface area contributed by atoms with Crippen LogP contribution >= 0.6 is 11.8 Å². The molecule has 1 atom stereocenters. The van der Waals surface area contributed by atoms with E-state index >= 15 is 0 Å². The molecule has 4 heteroatoms. The lowest BCUT2D eigenvalue weighted by molar-refractivity contribution is -0.114. The van der Waals surface area contributed by atoms with Gasteiger partial charge >= 0.3 is 0 Å². The van der Waals surface area contributed by atoms with E-state index in [2.05, 4.69) is 12.1 Å². The molecule has 4 aromatic rings. The van der Waals surface area contributed by atoms with E-state index in [1.165, 1.54) is 0 Å². The average Bonchev–Trinajstić information content (AvgIpc) is 3.17. The fourth-order valence-electron chi connectivity index (χ4n) is 3.66. The molecule has 3 nitrogen and oxygen atoms in total. The first-order valence-electron chi connectivity index (χ1n) is 10.4. The first-order valence-corrected chi connectivity index (χ1v) is 11.3. The van der Waals surface area contributed by atoms with Gasteiger partial charge in [0.15, 0.2) is 0 Å². The number of hydrogen-bond donors (Lipinski definition) is 0. The summed E-state index contributed by atoms with van der Waals surface area (Å²) >= 11 is 1.58. The summed E-state index contributed by atoms with van der Waals surface area (Å²) in [7, 11) is 0. The SMILES string of the molecule is O=C1/C(=C\c2cccc(Oc3ccccc3)c2)SC(c2ccccc2)N1c1ccccc1. The number of hydrogen-bond acceptors (Lipinski definition) is 3. The molecular weight excluding hydrogens is 414 g/mol. The van der Waals surface area contributed by atoms with Crippen LogP contribution in [0.3, 0.4) is 0 Å². The van der Waals surface area contributed by atoms with E-state index < -0.39 is 0 Å². The van der Waals surface area contributed by atoms with Crippen LogP contribution in [0.2, 0.25) is 0 Å². The Morgan fingerprint density at radius 3 is 2.06 bits per heavy atom. The zero-order valence-corrected chi connectivity index (χ0v) is 18.1. The van der Waals surface area contributed by atoms with Gasteiger partial charge in [0.25, 0.3) is 5.91 Å². The first kappa shape index (κ1) is 20.2. The van der Waals surface area contributed by atoms with Crippen LogP contribution in [0.4, 0.5) is 5.69 Å². The molecule has 1 heterocycles. The number of nitrogens with zero attached hydrogens (tertiary/aromatic N) is 1. The van der Waals surface area contributed by atoms with Crippen molar-refractivity contribution in [3.63, 3.8) is 0 Å². The van der Waals surface area contributed by atoms with E-state index in [0.29, 0.717) is 4.91 Å². The largest absolute Gasteiger partial charge is 0.457 e. The van der Waals surface area contributed by atoms with Crippen LogP contribution in [-0.2, 0) is 4.79 Å². The Kier molecular flexibility index (Phi) is 5.77. The summed E-state index contributed by atoms with van der Waals surface area (Å²) in [5.41, 5.74) is 2.92. The van der Waals surface area contributed by atoms with Crippen LogP contribution < -0.4 is 9.64 Å². The molecule has 1 amide bonds. The summed E-state index contributed by atoms with van der Waals surface area (Å²) in [6.07, 6.45) is 1.95. The predicted octanol–water partition coefficient (Wildman–Crippen LogP) is 7.30. The third kappa shape index (κ3) is 4.32. The van der Waals surface area contributed by atoms with E-state index in [9.17, 15) is 4.79 Å². The number of rotatable bonds is 5. The summed E-state index contributed by atoms with van der Waals surface area (Å²) in [5, 5.41) is -0.110. The van der Waals surface area contributed by atoms with Gasteiger partial charge in [-0.25, -0.2) is 0 Å². The Morgan fingerprint density at radius 2 is 1.34 bits per heavy atom. The van der Waals surface area contributed by atoms with Crippen molar-refractivity contribution >= 4 is 29.4 Å². The van der Waals surface area contributed by atoms with Crippen molar-refractivity contribution in [1.82, 2.24) is 0 Å². The molecule has 5 rings (SSSR count). The summed E-state index contributed by atoms with van der Waals surface area (Å²) in [4.78, 5) is 16.1. The molecule has 1 aliphatic rings. The van der Waals surface area contributed by atoms with E-state index in [-0.39, 0.29) is 11.3 Å². The molecule has 32 heavy (non-hydrogen) atoms. The Morgan fingerprint density at radius 1 is 0.719 bits per heavy atom. The lowest BCUT2D eigenvalue weighted by Crippen LogP contribution is -2.27. The lowest BCUT2D eigenvalue weighted by Gasteiger charge is -2.23. The third-order valence-corrected chi connectivity index (χ3v) is 6.41. The third-order valence-electron chi connectivity index (χ3n) is 5.16. The van der Waals surface area contributed by atoms with Crippen LogP contribution in [0.5, 0.6) is 11.5 Å². The van der Waals surface area contributed by atoms with Crippen molar-refractivity contribution in [3.05, 3.63) is 131 Å². The molecule has 1 saturated heterocycles. The second kappa shape index (κ2) is 9.16. The Balaban J connectivity index is 1.47. The fourth-order valence-corrected chi connectivity index (χ4v) is 4.92. The van der Waals surface area contributed by atoms with Crippen LogP contribution in [-0.4, -0.2) is 5.91 Å². The summed E-state index contributed by atoms with van der Waals surface area (Å²) < 4.78 is 5.96. The summed E-state index contributed by atoms with van der Waals surface area (Å²) in [6, 6.07) is 37.5. The lowest BCUT2D eigenvalue weighted by atomic mass is 10.1. The topological polar surface area (TPSA) is 29.5 Å². The Bertz CT molecular complexity index is 1240. The minimum Gasteiger partial charge on any atom is -0.457 e. The van der Waals surface area contributed by atoms with Crippen molar-refractivity contribution in [2.24, 2.45) is 0 Å². The van der Waals surface area contributed by atoms with Crippen molar-refractivity contribution in [2.45, 2.75) is 5.37 Å². The highest BCUT2D eigenvalue weighted by Crippen LogP contribution is 2.48. The van der Waals surface area contributed by atoms with Gasteiger partial charge in [0, 0.05) is 5.69 Å². The Hall–Kier alpha value is -3.76. The maximum absolute atomic E-state index is 13.5. The van der Waals surface area contributed by atoms with Crippen molar-refractivity contribution in [2.75, 3.05) is 4.90 Å². The van der Waals surface area contributed by atoms with Gasteiger partial charge in [0.05, 0.1) is 4.91 Å². The molecule has 4 aromatic carbocycles. The molecule has 0 spiro atoms. The summed E-state index contributed by atoms with van der Waals surface area (Å²) in [5.74, 6) is 1.52. The van der Waals surface area contributed by atoms with Gasteiger partial charge in [0.2, 0.25) is 0 Å². The maximum Gasteiger partial charge on any atom is 0.266 e. The molecule has 0 radical (unpaired) electrons. The number of thioether (sulfide) groups is 1. The van der Waals surface area contributed by atoms with E-state index in [1.54, 1.807) is 11.8 Å². The molecule has 0 aromatic heterocycles. The number of carbonyl (C=O) groups is 1. The Labute approximate surface area is 192 Å². The highest BCUT2D eigenvalue weighted by atomic mass is 32.2. The van der Waals surface area contributed by atoms with Gasteiger partial charge in [-0.15, -0.1) is 0 Å². The minimum atomic E-state index is -0.110. The summed E-state index contributed by atoms with van der Waals surface area (Å²) in [6.45, 7) is 0. The highest BCUT2D eigenvalue weighted by molar-refractivity contribution is 8.05. The average molecular weight is 436 g/mol. The zero-order chi connectivity index (χ0) is 21.8. The van der Waals surface area contributed by atoms with Crippen LogP contribution in [0, 0.1) is 0 Å². The van der Waals surface area contributed by atoms with E-state index in [0.717, 1.165) is 28.3 Å². The standard InChI is InChI=1S/C28H21NO2S/c30-27-26(20-21-11-10-18-25(19-21)31-24-16-8-3-9-17-24)32-28(22-12-4-1-5-13-22)29(27)23-14-6-2-7-15-23/h1-20,28H/b26-20+.